The summed E-state index contributed by atoms with van der Waals surface area (Å²) in [5.41, 5.74) is 2.42. The molecule has 0 bridgehead atoms. The minimum absolute atomic E-state index is 0.0255. The van der Waals surface area contributed by atoms with E-state index in [1.54, 1.807) is 51.6 Å². The van der Waals surface area contributed by atoms with E-state index < -0.39 is 83.6 Å². The molecule has 0 aliphatic heterocycles. The first kappa shape index (κ1) is 13.6. The van der Waals surface area contributed by atoms with Crippen LogP contribution >= 0.6 is 0 Å². The Labute approximate surface area is 278 Å². The molecule has 0 radical (unpaired) electrons. The number of hydrogen-bond donors (Lipinski definition) is 0. The number of para-hydroxylation sites is 3. The molecular weight excluding hydrogens is 532 g/mol. The second-order valence-corrected chi connectivity index (χ2v) is 10.2. The first-order valence-corrected chi connectivity index (χ1v) is 13.8. The summed E-state index contributed by atoms with van der Waals surface area (Å²) in [4.78, 5) is 0. The molecule has 0 fully saturated rings. The van der Waals surface area contributed by atoms with Crippen LogP contribution in [0, 0.1) is 0 Å². The smallest absolute Gasteiger partial charge is 0.0645 e. The van der Waals surface area contributed by atoms with Crippen LogP contribution in [0.25, 0.3) is 77.2 Å². The van der Waals surface area contributed by atoms with Gasteiger partial charge in [-0.15, -0.1) is 0 Å². The number of nitrogens with zero attached hydrogens (tertiary/aromatic N) is 2. The largest absolute Gasteiger partial charge is 0.309 e. The fourth-order valence-electron chi connectivity index (χ4n) is 5.93. The zero-order valence-corrected chi connectivity index (χ0v) is 22.8. The van der Waals surface area contributed by atoms with Crippen LogP contribution in [0.2, 0.25) is 0 Å². The second-order valence-electron chi connectivity index (χ2n) is 10.2. The average Bonchev–Trinajstić information content (AvgIpc) is 3.72. The van der Waals surface area contributed by atoms with Crippen LogP contribution in [0.3, 0.4) is 0 Å². The van der Waals surface area contributed by atoms with E-state index in [9.17, 15) is 2.74 Å². The molecular formula is C42H28N2. The summed E-state index contributed by atoms with van der Waals surface area (Å²) in [6, 6.07) is 13.3. The van der Waals surface area contributed by atoms with Gasteiger partial charge in [0.1, 0.15) is 0 Å². The van der Waals surface area contributed by atoms with Crippen LogP contribution in [-0.2, 0) is 0 Å². The van der Waals surface area contributed by atoms with Crippen molar-refractivity contribution in [2.24, 2.45) is 0 Å². The monoisotopic (exact) mass is 576 g/mol. The van der Waals surface area contributed by atoms with Gasteiger partial charge >= 0.3 is 0 Å². The summed E-state index contributed by atoms with van der Waals surface area (Å²) in [5.74, 6) is 0. The normalized spacial score (nSPS) is 16.7. The van der Waals surface area contributed by atoms with Crippen molar-refractivity contribution in [1.29, 1.82) is 0 Å². The van der Waals surface area contributed by atoms with Gasteiger partial charge in [0.2, 0.25) is 0 Å². The molecule has 0 saturated heterocycles. The Morgan fingerprint density at radius 2 is 0.795 bits per heavy atom. The van der Waals surface area contributed by atoms with Gasteiger partial charge in [-0.2, -0.15) is 0 Å². The SMILES string of the molecule is [2H]c1ccc2c(c1)c1cc(-c3ccc4c(c3)c3cc([2H])ccc3n4-c3c([2H])c([2H])c(-c4c([2H])c([2H])c([2H])c([2H])c4[2H])c([2H])c3[2H])ccc1n2-c1c([2H])c([2H])c([2H])c([2H])c1[2H]. The highest BCUT2D eigenvalue weighted by atomic mass is 15.0. The van der Waals surface area contributed by atoms with E-state index in [1.807, 2.05) is 24.3 Å². The van der Waals surface area contributed by atoms with Gasteiger partial charge in [-0.05, 0) is 82.8 Å². The Bertz CT molecular complexity index is 3320. The molecule has 0 N–H and O–H groups in total. The highest BCUT2D eigenvalue weighted by Gasteiger charge is 2.16. The van der Waals surface area contributed by atoms with Crippen LogP contribution in [0.4, 0.5) is 0 Å². The predicted molar refractivity (Wildman–Crippen MR) is 186 cm³/mol. The quantitative estimate of drug-likeness (QED) is 0.197. The number of benzene rings is 7. The minimum atomic E-state index is -0.670. The van der Waals surface area contributed by atoms with Crippen molar-refractivity contribution in [3.63, 3.8) is 0 Å². The molecule has 9 aromatic rings. The molecule has 0 amide bonds. The maximum absolute atomic E-state index is 9.17. The molecule has 206 valence electrons. The molecule has 2 heteroatoms. The Balaban J connectivity index is 1.27. The van der Waals surface area contributed by atoms with E-state index in [4.69, 9.17) is 19.2 Å². The van der Waals surface area contributed by atoms with Crippen LogP contribution < -0.4 is 0 Å². The fourth-order valence-corrected chi connectivity index (χ4v) is 5.93. The van der Waals surface area contributed by atoms with Gasteiger partial charge in [0.05, 0.1) is 44.0 Å². The maximum atomic E-state index is 9.17. The molecule has 7 aromatic carbocycles. The molecule has 0 spiro atoms. The lowest BCUT2D eigenvalue weighted by Crippen LogP contribution is -1.93. The van der Waals surface area contributed by atoms with Gasteiger partial charge < -0.3 is 9.13 Å². The summed E-state index contributed by atoms with van der Waals surface area (Å²) in [6.45, 7) is 0. The summed E-state index contributed by atoms with van der Waals surface area (Å²) in [6.07, 6.45) is 0. The summed E-state index contributed by atoms with van der Waals surface area (Å²) >= 11 is 0. The van der Waals surface area contributed by atoms with Crippen LogP contribution in [0.1, 0.15) is 21.9 Å². The number of aromatic nitrogens is 2. The molecule has 2 aromatic heterocycles. The lowest BCUT2D eigenvalue weighted by molar-refractivity contribution is 1.18. The third-order valence-electron chi connectivity index (χ3n) is 7.85. The highest BCUT2D eigenvalue weighted by molar-refractivity contribution is 6.12. The molecule has 2 heterocycles. The van der Waals surface area contributed by atoms with Gasteiger partial charge in [-0.25, -0.2) is 0 Å². The molecule has 0 atom stereocenters. The average molecular weight is 577 g/mol. The summed E-state index contributed by atoms with van der Waals surface area (Å²) < 4.78 is 140. The van der Waals surface area contributed by atoms with Gasteiger partial charge in [-0.3, -0.25) is 0 Å². The molecule has 0 aliphatic rings. The van der Waals surface area contributed by atoms with E-state index in [-0.39, 0.29) is 35.5 Å². The Morgan fingerprint density at radius 1 is 0.341 bits per heavy atom. The predicted octanol–water partition coefficient (Wildman–Crippen LogP) is 11.2. The van der Waals surface area contributed by atoms with Crippen LogP contribution in [0.15, 0.2) is 169 Å². The van der Waals surface area contributed by atoms with Crippen molar-refractivity contribution in [3.8, 4) is 33.6 Å². The topological polar surface area (TPSA) is 9.86 Å². The summed E-state index contributed by atoms with van der Waals surface area (Å²) in [5, 5.41) is 2.46. The number of hydrogen-bond acceptors (Lipinski definition) is 0. The first-order valence-electron chi connectivity index (χ1n) is 21.8. The Kier molecular flexibility index (Phi) is 3.05. The lowest BCUT2D eigenvalue weighted by atomic mass is 10.0. The highest BCUT2D eigenvalue weighted by Crippen LogP contribution is 2.38. The van der Waals surface area contributed by atoms with Crippen molar-refractivity contribution in [1.82, 2.24) is 9.13 Å². The molecule has 9 rings (SSSR count). The van der Waals surface area contributed by atoms with E-state index in [0.717, 1.165) is 5.56 Å². The first-order chi connectivity index (χ1) is 28.4. The zero-order chi connectivity index (χ0) is 43.0. The van der Waals surface area contributed by atoms with Gasteiger partial charge in [0.15, 0.2) is 0 Å². The molecule has 2 nitrogen and oxygen atoms in total. The van der Waals surface area contributed by atoms with Gasteiger partial charge in [0.25, 0.3) is 0 Å². The third kappa shape index (κ3) is 3.82. The van der Waals surface area contributed by atoms with E-state index >= 15 is 0 Å². The summed E-state index contributed by atoms with van der Waals surface area (Å²) in [7, 11) is 0. The van der Waals surface area contributed by atoms with Crippen LogP contribution in [-0.4, -0.2) is 9.13 Å². The van der Waals surface area contributed by atoms with E-state index in [0.29, 0.717) is 49.2 Å². The van der Waals surface area contributed by atoms with Crippen molar-refractivity contribution in [3.05, 3.63) is 169 Å². The Morgan fingerprint density at radius 3 is 1.34 bits per heavy atom. The molecule has 44 heavy (non-hydrogen) atoms. The van der Waals surface area contributed by atoms with Crippen molar-refractivity contribution >= 4 is 43.6 Å². The van der Waals surface area contributed by atoms with E-state index in [2.05, 4.69) is 0 Å². The van der Waals surface area contributed by atoms with Crippen molar-refractivity contribution < 1.29 is 21.9 Å². The van der Waals surface area contributed by atoms with Crippen molar-refractivity contribution in [2.45, 2.75) is 0 Å². The zero-order valence-electron chi connectivity index (χ0n) is 38.8. The molecule has 0 unspecified atom stereocenters. The van der Waals surface area contributed by atoms with Gasteiger partial charge in [-0.1, -0.05) is 109 Å². The number of rotatable bonds is 4. The third-order valence-corrected chi connectivity index (χ3v) is 7.85. The lowest BCUT2D eigenvalue weighted by Gasteiger charge is -2.10. The minimum Gasteiger partial charge on any atom is -0.309 e. The Hall–Kier alpha value is -5.86. The molecule has 0 aliphatic carbocycles. The fraction of sp³-hybridized carbons (Fsp3) is 0. The number of fused-ring (bicyclic) bond motifs is 6. The van der Waals surface area contributed by atoms with Gasteiger partial charge in [0, 0.05) is 32.9 Å². The second kappa shape index (κ2) is 9.86. The standard InChI is InChI=1S/C42H28N2/c1-3-11-29(12-4-1)30-19-23-34(24-20-30)44-40-18-10-8-16-36(40)38-28-32(22-26-42(38)44)31-21-25-41-37(27-31)35-15-7-9-17-39(35)43(41)33-13-5-2-6-14-33/h1-28H/i1D,2D,3D,4D,5D,6D,7D,8D,11D,12D,13D,14D,19D,20D,23D,24D. The van der Waals surface area contributed by atoms with Crippen LogP contribution in [0.5, 0.6) is 0 Å². The maximum Gasteiger partial charge on any atom is 0.0645 e. The van der Waals surface area contributed by atoms with Crippen molar-refractivity contribution in [2.75, 3.05) is 0 Å². The van der Waals surface area contributed by atoms with E-state index in [1.165, 1.54) is 6.07 Å². The molecule has 0 saturated carbocycles.